The highest BCUT2D eigenvalue weighted by atomic mass is 32.2. The molecule has 0 radical (unpaired) electrons. The zero-order valence-corrected chi connectivity index (χ0v) is 13.0. The molecule has 0 bridgehead atoms. The highest BCUT2D eigenvalue weighted by Gasteiger charge is 2.22. The maximum absolute atomic E-state index is 13.5. The van der Waals surface area contributed by atoms with Crippen LogP contribution in [0.15, 0.2) is 29.2 Å². The highest BCUT2D eigenvalue weighted by molar-refractivity contribution is 7.93. The SMILES string of the molecule is CNCc1cc(S(=O)(=O)Nc2c(F)cccc2F)c(C)s1. The summed E-state index contributed by atoms with van der Waals surface area (Å²) < 4.78 is 53.6. The van der Waals surface area contributed by atoms with Crippen LogP contribution in [-0.4, -0.2) is 15.5 Å². The minimum absolute atomic E-state index is 0.0282. The Morgan fingerprint density at radius 3 is 2.43 bits per heavy atom. The molecule has 2 N–H and O–H groups in total. The van der Waals surface area contributed by atoms with Gasteiger partial charge in [-0.1, -0.05) is 6.07 Å². The van der Waals surface area contributed by atoms with Crippen LogP contribution < -0.4 is 10.0 Å². The molecule has 0 amide bonds. The standard InChI is InChI=1S/C13H14F2N2O2S2/c1-8-12(6-9(20-8)7-16-2)21(18,19)17-13-10(14)4-3-5-11(13)15/h3-6,16-17H,7H2,1-2H3. The molecule has 0 saturated carbocycles. The van der Waals surface area contributed by atoms with Crippen LogP contribution in [-0.2, 0) is 16.6 Å². The molecular formula is C13H14F2N2O2S2. The van der Waals surface area contributed by atoms with Gasteiger partial charge in [-0.3, -0.25) is 4.72 Å². The molecule has 0 aliphatic carbocycles. The second kappa shape index (κ2) is 6.08. The van der Waals surface area contributed by atoms with E-state index >= 15 is 0 Å². The van der Waals surface area contributed by atoms with Crippen molar-refractivity contribution in [1.29, 1.82) is 0 Å². The first-order chi connectivity index (χ1) is 9.85. The van der Waals surface area contributed by atoms with Crippen LogP contribution in [0.5, 0.6) is 0 Å². The number of para-hydroxylation sites is 1. The summed E-state index contributed by atoms with van der Waals surface area (Å²) in [7, 11) is -2.29. The van der Waals surface area contributed by atoms with E-state index in [2.05, 4.69) is 5.32 Å². The first-order valence-corrected chi connectivity index (χ1v) is 8.36. The van der Waals surface area contributed by atoms with Crippen molar-refractivity contribution in [3.63, 3.8) is 0 Å². The summed E-state index contributed by atoms with van der Waals surface area (Å²) in [6, 6.07) is 4.66. The van der Waals surface area contributed by atoms with Crippen LogP contribution in [0.25, 0.3) is 0 Å². The van der Waals surface area contributed by atoms with E-state index in [1.165, 1.54) is 23.5 Å². The van der Waals surface area contributed by atoms with Gasteiger partial charge in [-0.15, -0.1) is 11.3 Å². The van der Waals surface area contributed by atoms with Gasteiger partial charge in [0.1, 0.15) is 22.2 Å². The Kier molecular flexibility index (Phi) is 4.60. The summed E-state index contributed by atoms with van der Waals surface area (Å²) in [4.78, 5) is 1.41. The average molecular weight is 332 g/mol. The van der Waals surface area contributed by atoms with Crippen molar-refractivity contribution in [2.75, 3.05) is 11.8 Å². The third-order valence-corrected chi connectivity index (χ3v) is 5.42. The second-order valence-electron chi connectivity index (χ2n) is 4.37. The Morgan fingerprint density at radius 1 is 1.24 bits per heavy atom. The quantitative estimate of drug-likeness (QED) is 0.885. The molecule has 4 nitrogen and oxygen atoms in total. The zero-order chi connectivity index (χ0) is 15.6. The molecule has 2 aromatic rings. The third-order valence-electron chi connectivity index (χ3n) is 2.76. The molecule has 0 unspecified atom stereocenters. The van der Waals surface area contributed by atoms with Crippen molar-refractivity contribution in [2.24, 2.45) is 0 Å². The predicted octanol–water partition coefficient (Wildman–Crippen LogP) is 2.85. The third kappa shape index (κ3) is 3.39. The normalized spacial score (nSPS) is 11.6. The van der Waals surface area contributed by atoms with Gasteiger partial charge in [-0.25, -0.2) is 17.2 Å². The van der Waals surface area contributed by atoms with E-state index in [9.17, 15) is 17.2 Å². The van der Waals surface area contributed by atoms with Gasteiger partial charge in [0.15, 0.2) is 0 Å². The molecule has 1 heterocycles. The number of halogens is 2. The van der Waals surface area contributed by atoms with Crippen LogP contribution in [0, 0.1) is 18.6 Å². The molecular weight excluding hydrogens is 318 g/mol. The fraction of sp³-hybridized carbons (Fsp3) is 0.231. The predicted molar refractivity (Wildman–Crippen MR) is 79.0 cm³/mol. The van der Waals surface area contributed by atoms with Gasteiger partial charge in [0.25, 0.3) is 10.0 Å². The lowest BCUT2D eigenvalue weighted by Gasteiger charge is -2.09. The topological polar surface area (TPSA) is 58.2 Å². The summed E-state index contributed by atoms with van der Waals surface area (Å²) in [5, 5.41) is 2.92. The molecule has 0 saturated heterocycles. The van der Waals surface area contributed by atoms with Gasteiger partial charge in [-0.05, 0) is 32.2 Å². The molecule has 0 atom stereocenters. The number of thiophene rings is 1. The van der Waals surface area contributed by atoms with Crippen LogP contribution in [0.1, 0.15) is 9.75 Å². The molecule has 0 spiro atoms. The smallest absolute Gasteiger partial charge is 0.263 e. The molecule has 0 aliphatic heterocycles. The molecule has 0 fully saturated rings. The maximum Gasteiger partial charge on any atom is 0.263 e. The van der Waals surface area contributed by atoms with Crippen molar-refractivity contribution in [1.82, 2.24) is 5.32 Å². The van der Waals surface area contributed by atoms with E-state index < -0.39 is 27.3 Å². The van der Waals surface area contributed by atoms with Crippen LogP contribution >= 0.6 is 11.3 Å². The first-order valence-electron chi connectivity index (χ1n) is 6.06. The largest absolute Gasteiger partial charge is 0.315 e. The fourth-order valence-corrected chi connectivity index (χ4v) is 4.56. The molecule has 114 valence electrons. The number of anilines is 1. The lowest BCUT2D eigenvalue weighted by atomic mass is 10.3. The number of nitrogens with one attached hydrogen (secondary N) is 2. The fourth-order valence-electron chi connectivity index (χ4n) is 1.84. The Balaban J connectivity index is 2.39. The Hall–Kier alpha value is -1.51. The molecule has 21 heavy (non-hydrogen) atoms. The van der Waals surface area contributed by atoms with Gasteiger partial charge in [0.05, 0.1) is 0 Å². The van der Waals surface area contributed by atoms with Gasteiger partial charge in [-0.2, -0.15) is 0 Å². The van der Waals surface area contributed by atoms with Crippen molar-refractivity contribution >= 4 is 27.0 Å². The second-order valence-corrected chi connectivity index (χ2v) is 7.36. The van der Waals surface area contributed by atoms with Crippen LogP contribution in [0.4, 0.5) is 14.5 Å². The number of hydrogen-bond acceptors (Lipinski definition) is 4. The lowest BCUT2D eigenvalue weighted by molar-refractivity contribution is 0.583. The zero-order valence-electron chi connectivity index (χ0n) is 11.4. The summed E-state index contributed by atoms with van der Waals surface area (Å²) in [5.41, 5.74) is -0.668. The van der Waals surface area contributed by atoms with E-state index in [4.69, 9.17) is 0 Å². The van der Waals surface area contributed by atoms with Crippen molar-refractivity contribution < 1.29 is 17.2 Å². The first kappa shape index (κ1) is 15.9. The average Bonchev–Trinajstić information content (AvgIpc) is 2.76. The van der Waals surface area contributed by atoms with Crippen LogP contribution in [0.2, 0.25) is 0 Å². The van der Waals surface area contributed by atoms with E-state index in [1.54, 1.807) is 14.0 Å². The lowest BCUT2D eigenvalue weighted by Crippen LogP contribution is -2.15. The molecule has 2 rings (SSSR count). The number of benzene rings is 1. The van der Waals surface area contributed by atoms with Gasteiger partial charge < -0.3 is 5.32 Å². The Morgan fingerprint density at radius 2 is 1.86 bits per heavy atom. The maximum atomic E-state index is 13.5. The minimum Gasteiger partial charge on any atom is -0.315 e. The van der Waals surface area contributed by atoms with Crippen molar-refractivity contribution in [3.8, 4) is 0 Å². The van der Waals surface area contributed by atoms with Gasteiger partial charge in [0.2, 0.25) is 0 Å². The Labute approximate surface area is 125 Å². The number of sulfonamides is 1. The number of hydrogen-bond donors (Lipinski definition) is 2. The minimum atomic E-state index is -4.03. The number of rotatable bonds is 5. The summed E-state index contributed by atoms with van der Waals surface area (Å²) in [6.45, 7) is 2.17. The highest BCUT2D eigenvalue weighted by Crippen LogP contribution is 2.28. The van der Waals surface area contributed by atoms with E-state index in [-0.39, 0.29) is 4.90 Å². The van der Waals surface area contributed by atoms with Crippen molar-refractivity contribution in [3.05, 3.63) is 45.7 Å². The number of aryl methyl sites for hydroxylation is 1. The van der Waals surface area contributed by atoms with Crippen molar-refractivity contribution in [2.45, 2.75) is 18.4 Å². The molecule has 1 aromatic carbocycles. The molecule has 0 aliphatic rings. The summed E-state index contributed by atoms with van der Waals surface area (Å²) in [5.74, 6) is -1.91. The van der Waals surface area contributed by atoms with E-state index in [0.29, 0.717) is 11.4 Å². The Bertz CT molecular complexity index is 737. The summed E-state index contributed by atoms with van der Waals surface area (Å²) >= 11 is 1.32. The van der Waals surface area contributed by atoms with Gasteiger partial charge in [0, 0.05) is 16.3 Å². The molecule has 1 aromatic heterocycles. The van der Waals surface area contributed by atoms with Crippen LogP contribution in [0.3, 0.4) is 0 Å². The van der Waals surface area contributed by atoms with E-state index in [1.807, 2.05) is 4.72 Å². The van der Waals surface area contributed by atoms with E-state index in [0.717, 1.165) is 17.0 Å². The summed E-state index contributed by atoms with van der Waals surface area (Å²) in [6.07, 6.45) is 0. The monoisotopic (exact) mass is 332 g/mol. The molecule has 8 heteroatoms. The van der Waals surface area contributed by atoms with Gasteiger partial charge >= 0.3 is 0 Å².